The fourth-order valence-electron chi connectivity index (χ4n) is 2.81. The summed E-state index contributed by atoms with van der Waals surface area (Å²) < 4.78 is 6.84. The molecule has 0 aliphatic rings. The average Bonchev–Trinajstić information content (AvgIpc) is 2.93. The number of carbonyl (C=O) groups is 2. The van der Waals surface area contributed by atoms with Gasteiger partial charge in [0.1, 0.15) is 0 Å². The number of aromatic nitrogens is 3. The fraction of sp³-hybridized carbons (Fsp3) is 0.263. The van der Waals surface area contributed by atoms with Crippen molar-refractivity contribution in [1.82, 2.24) is 14.8 Å². The second-order valence-electron chi connectivity index (χ2n) is 6.07. The number of anilines is 1. The zero-order chi connectivity index (χ0) is 19.6. The highest BCUT2D eigenvalue weighted by Gasteiger charge is 2.19. The number of hydrogen-bond donors (Lipinski definition) is 1. The summed E-state index contributed by atoms with van der Waals surface area (Å²) in [6.45, 7) is 3.23. The molecule has 0 fully saturated rings. The van der Waals surface area contributed by atoms with Gasteiger partial charge in [0.25, 0.3) is 5.91 Å². The Morgan fingerprint density at radius 2 is 1.93 bits per heavy atom. The number of thioether (sulfide) groups is 1. The van der Waals surface area contributed by atoms with Crippen molar-refractivity contribution >= 4 is 40.4 Å². The van der Waals surface area contributed by atoms with E-state index in [-0.39, 0.29) is 6.61 Å². The number of rotatable bonds is 5. The Balaban J connectivity index is 1.70. The number of ether oxygens (including phenoxy) is 1. The number of amides is 1. The molecule has 2 heterocycles. The highest BCUT2D eigenvalue weighted by atomic mass is 32.2. The first-order valence-corrected chi connectivity index (χ1v) is 9.53. The van der Waals surface area contributed by atoms with Crippen LogP contribution in [0.15, 0.2) is 35.2 Å². The van der Waals surface area contributed by atoms with Gasteiger partial charge >= 0.3 is 5.97 Å². The summed E-state index contributed by atoms with van der Waals surface area (Å²) in [4.78, 5) is 30.1. The predicted octanol–water partition coefficient (Wildman–Crippen LogP) is 3.10. The van der Waals surface area contributed by atoms with Crippen molar-refractivity contribution in [2.75, 3.05) is 18.2 Å². The first kappa shape index (κ1) is 18.9. The maximum atomic E-state index is 12.5. The smallest absolute Gasteiger partial charge is 0.339 e. The number of hydrogen-bond acceptors (Lipinski definition) is 6. The Morgan fingerprint density at radius 1 is 1.22 bits per heavy atom. The van der Waals surface area contributed by atoms with Gasteiger partial charge in [0.2, 0.25) is 0 Å². The molecule has 1 N–H and O–H groups in total. The Morgan fingerprint density at radius 3 is 2.59 bits per heavy atom. The number of nitrogens with zero attached hydrogens (tertiary/aromatic N) is 3. The summed E-state index contributed by atoms with van der Waals surface area (Å²) in [5, 5.41) is 7.65. The fourth-order valence-corrected chi connectivity index (χ4v) is 3.22. The van der Waals surface area contributed by atoms with Gasteiger partial charge in [-0.2, -0.15) is 5.10 Å². The van der Waals surface area contributed by atoms with Gasteiger partial charge in [-0.05, 0) is 50.4 Å². The van der Waals surface area contributed by atoms with E-state index in [1.54, 1.807) is 55.5 Å². The van der Waals surface area contributed by atoms with Crippen LogP contribution in [0.25, 0.3) is 11.0 Å². The second kappa shape index (κ2) is 7.79. The van der Waals surface area contributed by atoms with Crippen LogP contribution >= 0.6 is 11.8 Å². The van der Waals surface area contributed by atoms with Crippen LogP contribution < -0.4 is 5.32 Å². The van der Waals surface area contributed by atoms with Gasteiger partial charge in [-0.3, -0.25) is 9.48 Å². The minimum absolute atomic E-state index is 0.361. The largest absolute Gasteiger partial charge is 0.452 e. The van der Waals surface area contributed by atoms with Crippen LogP contribution in [-0.2, 0) is 16.6 Å². The van der Waals surface area contributed by atoms with E-state index in [1.165, 1.54) is 0 Å². The maximum absolute atomic E-state index is 12.5. The van der Waals surface area contributed by atoms with Gasteiger partial charge in [0, 0.05) is 23.3 Å². The van der Waals surface area contributed by atoms with Gasteiger partial charge in [-0.1, -0.05) is 0 Å². The molecule has 0 saturated carbocycles. The molecule has 3 rings (SSSR count). The third kappa shape index (κ3) is 4.11. The number of benzene rings is 1. The summed E-state index contributed by atoms with van der Waals surface area (Å²) in [5.74, 6) is -0.973. The molecule has 0 saturated heterocycles. The highest BCUT2D eigenvalue weighted by molar-refractivity contribution is 7.98. The second-order valence-corrected chi connectivity index (χ2v) is 6.95. The maximum Gasteiger partial charge on any atom is 0.339 e. The van der Waals surface area contributed by atoms with Gasteiger partial charge in [0.15, 0.2) is 12.3 Å². The molecule has 1 aromatic carbocycles. The Labute approximate surface area is 161 Å². The van der Waals surface area contributed by atoms with Crippen molar-refractivity contribution in [2.45, 2.75) is 18.7 Å². The Bertz CT molecular complexity index is 1010. The van der Waals surface area contributed by atoms with E-state index >= 15 is 0 Å². The van der Waals surface area contributed by atoms with Gasteiger partial charge in [-0.15, -0.1) is 11.8 Å². The zero-order valence-electron chi connectivity index (χ0n) is 15.6. The number of carbonyl (C=O) groups excluding carboxylic acids is 2. The van der Waals surface area contributed by atoms with E-state index in [1.807, 2.05) is 18.4 Å². The predicted molar refractivity (Wildman–Crippen MR) is 105 cm³/mol. The van der Waals surface area contributed by atoms with Crippen LogP contribution in [0.5, 0.6) is 0 Å². The molecule has 8 heteroatoms. The molecule has 27 heavy (non-hydrogen) atoms. The quantitative estimate of drug-likeness (QED) is 0.537. The van der Waals surface area contributed by atoms with Gasteiger partial charge < -0.3 is 10.1 Å². The Kier molecular flexibility index (Phi) is 5.46. The summed E-state index contributed by atoms with van der Waals surface area (Å²) in [6.07, 6.45) is 1.98. The number of fused-ring (bicyclic) bond motifs is 1. The van der Waals surface area contributed by atoms with E-state index in [2.05, 4.69) is 15.4 Å². The summed E-state index contributed by atoms with van der Waals surface area (Å²) in [5.41, 5.74) is 2.98. The van der Waals surface area contributed by atoms with Crippen LogP contribution in [0.2, 0.25) is 0 Å². The third-order valence-electron chi connectivity index (χ3n) is 4.02. The van der Waals surface area contributed by atoms with Crippen LogP contribution in [-0.4, -0.2) is 39.5 Å². The van der Waals surface area contributed by atoms with Crippen molar-refractivity contribution in [3.63, 3.8) is 0 Å². The first-order chi connectivity index (χ1) is 12.9. The number of nitrogens with one attached hydrogen (secondary N) is 1. The summed E-state index contributed by atoms with van der Waals surface area (Å²) in [7, 11) is 1.77. The van der Waals surface area contributed by atoms with E-state index in [0.29, 0.717) is 33.7 Å². The first-order valence-electron chi connectivity index (χ1n) is 8.31. The molecule has 0 atom stereocenters. The van der Waals surface area contributed by atoms with E-state index in [0.717, 1.165) is 4.90 Å². The van der Waals surface area contributed by atoms with Crippen molar-refractivity contribution in [1.29, 1.82) is 0 Å². The van der Waals surface area contributed by atoms with Crippen molar-refractivity contribution in [3.05, 3.63) is 47.3 Å². The van der Waals surface area contributed by atoms with E-state index in [9.17, 15) is 9.59 Å². The molecule has 1 amide bonds. The topological polar surface area (TPSA) is 86.1 Å². The van der Waals surface area contributed by atoms with Crippen LogP contribution in [0.1, 0.15) is 21.7 Å². The van der Waals surface area contributed by atoms with Crippen molar-refractivity contribution in [2.24, 2.45) is 7.05 Å². The third-order valence-corrected chi connectivity index (χ3v) is 4.77. The summed E-state index contributed by atoms with van der Waals surface area (Å²) >= 11 is 1.62. The van der Waals surface area contributed by atoms with E-state index < -0.39 is 11.9 Å². The molecular weight excluding hydrogens is 364 g/mol. The lowest BCUT2D eigenvalue weighted by Crippen LogP contribution is -2.21. The van der Waals surface area contributed by atoms with Gasteiger partial charge in [0.05, 0.1) is 16.6 Å². The molecular formula is C19H20N4O3S. The van der Waals surface area contributed by atoms with Crippen molar-refractivity contribution in [3.8, 4) is 0 Å². The molecule has 0 unspecified atom stereocenters. The van der Waals surface area contributed by atoms with Crippen LogP contribution in [0.4, 0.5) is 5.69 Å². The Hall–Kier alpha value is -2.87. The molecule has 140 valence electrons. The molecule has 0 spiro atoms. The number of esters is 1. The molecule has 0 aliphatic heterocycles. The van der Waals surface area contributed by atoms with Gasteiger partial charge in [-0.25, -0.2) is 9.78 Å². The van der Waals surface area contributed by atoms with E-state index in [4.69, 9.17) is 4.74 Å². The summed E-state index contributed by atoms with van der Waals surface area (Å²) in [6, 6.07) is 9.08. The number of pyridine rings is 1. The minimum atomic E-state index is -0.575. The zero-order valence-corrected chi connectivity index (χ0v) is 16.4. The number of aryl methyl sites for hydroxylation is 3. The lowest BCUT2D eigenvalue weighted by Gasteiger charge is -2.08. The average molecular weight is 384 g/mol. The molecule has 3 aromatic rings. The molecule has 7 nitrogen and oxygen atoms in total. The normalized spacial score (nSPS) is 10.8. The molecule has 0 aliphatic carbocycles. The highest BCUT2D eigenvalue weighted by Crippen LogP contribution is 2.22. The lowest BCUT2D eigenvalue weighted by atomic mass is 10.1. The SMILES string of the molecule is CSc1ccc(NC(=O)COC(=O)c2cc(C)nc3c2c(C)nn3C)cc1. The molecule has 2 aromatic heterocycles. The minimum Gasteiger partial charge on any atom is -0.452 e. The molecule has 0 radical (unpaired) electrons. The van der Waals surface area contributed by atoms with Crippen molar-refractivity contribution < 1.29 is 14.3 Å². The van der Waals surface area contributed by atoms with Crippen LogP contribution in [0, 0.1) is 13.8 Å². The standard InChI is InChI=1S/C19H20N4O3S/c1-11-9-15(17-12(2)22-23(3)18(17)20-11)19(25)26-10-16(24)21-13-5-7-14(27-4)8-6-13/h5-9H,10H2,1-4H3,(H,21,24). The monoisotopic (exact) mass is 384 g/mol. The van der Waals surface area contributed by atoms with Crippen LogP contribution in [0.3, 0.4) is 0 Å². The molecule has 0 bridgehead atoms. The lowest BCUT2D eigenvalue weighted by molar-refractivity contribution is -0.119.